The van der Waals surface area contributed by atoms with Gasteiger partial charge in [0.2, 0.25) is 11.8 Å². The summed E-state index contributed by atoms with van der Waals surface area (Å²) in [4.78, 5) is 25.7. The van der Waals surface area contributed by atoms with Gasteiger partial charge in [-0.3, -0.25) is 9.59 Å². The van der Waals surface area contributed by atoms with E-state index in [0.717, 1.165) is 0 Å². The molecule has 0 N–H and O–H groups in total. The number of imide groups is 1. The highest BCUT2D eigenvalue weighted by atomic mass is 19.4. The van der Waals surface area contributed by atoms with E-state index in [4.69, 9.17) is 0 Å². The minimum absolute atomic E-state index is 0.0272. The van der Waals surface area contributed by atoms with E-state index in [1.165, 1.54) is 0 Å². The van der Waals surface area contributed by atoms with Crippen molar-refractivity contribution in [2.24, 2.45) is 23.7 Å². The molecule has 0 spiro atoms. The number of hydrogen-bond donors (Lipinski definition) is 0. The zero-order chi connectivity index (χ0) is 19.0. The molecule has 26 heavy (non-hydrogen) atoms. The Hall–Kier alpha value is -2.32. The number of nitrogens with zero attached hydrogens (tertiary/aromatic N) is 1. The Morgan fingerprint density at radius 1 is 0.769 bits per heavy atom. The summed E-state index contributed by atoms with van der Waals surface area (Å²) in [7, 11) is 0. The van der Waals surface area contributed by atoms with Crippen LogP contribution in [0.2, 0.25) is 0 Å². The van der Waals surface area contributed by atoms with Gasteiger partial charge in [0, 0.05) is 0 Å². The highest BCUT2D eigenvalue weighted by Gasteiger charge is 2.59. The average molecular weight is 375 g/mol. The van der Waals surface area contributed by atoms with Crippen molar-refractivity contribution in [3.8, 4) is 0 Å². The number of anilines is 1. The number of alkyl halides is 6. The summed E-state index contributed by atoms with van der Waals surface area (Å²) in [5.74, 6) is -3.27. The summed E-state index contributed by atoms with van der Waals surface area (Å²) in [6.07, 6.45) is -5.91. The third-order valence-electron chi connectivity index (χ3n) is 5.30. The van der Waals surface area contributed by atoms with Gasteiger partial charge in [-0.05, 0) is 36.5 Å². The lowest BCUT2D eigenvalue weighted by atomic mass is 9.85. The summed E-state index contributed by atoms with van der Waals surface area (Å²) in [5.41, 5.74) is -3.79. The first-order chi connectivity index (χ1) is 12.0. The monoisotopic (exact) mass is 375 g/mol. The maximum Gasteiger partial charge on any atom is 0.416 e. The topological polar surface area (TPSA) is 37.4 Å². The highest BCUT2D eigenvalue weighted by molar-refractivity contribution is 6.22. The lowest BCUT2D eigenvalue weighted by Gasteiger charge is -2.20. The Labute approximate surface area is 143 Å². The van der Waals surface area contributed by atoms with Crippen molar-refractivity contribution in [2.45, 2.75) is 18.8 Å². The first-order valence-corrected chi connectivity index (χ1v) is 7.84. The molecule has 0 aromatic heterocycles. The summed E-state index contributed by atoms with van der Waals surface area (Å²) in [6.45, 7) is 0. The van der Waals surface area contributed by atoms with E-state index < -0.39 is 52.8 Å². The lowest BCUT2D eigenvalue weighted by Crippen LogP contribution is -2.33. The van der Waals surface area contributed by atoms with Gasteiger partial charge in [0.25, 0.3) is 0 Å². The number of carbonyl (C=O) groups is 2. The number of carbonyl (C=O) groups excluding carboxylic acids is 2. The fourth-order valence-electron chi connectivity index (χ4n) is 4.22. The standard InChI is InChI=1S/C17H11F6NO2/c18-16(19,20)9-4-10(17(21,22)23)6-11(5-9)24-14(25)12-7-1-2-8(3-7)13(12)15(24)26/h1-2,4-8,12-13H,3H2. The van der Waals surface area contributed by atoms with E-state index in [0.29, 0.717) is 23.5 Å². The first kappa shape index (κ1) is 17.1. The van der Waals surface area contributed by atoms with Crippen LogP contribution >= 0.6 is 0 Å². The molecule has 9 heteroatoms. The molecule has 1 aromatic rings. The summed E-state index contributed by atoms with van der Waals surface area (Å²) >= 11 is 0. The Bertz CT molecular complexity index is 778. The number of hydrogen-bond acceptors (Lipinski definition) is 2. The van der Waals surface area contributed by atoms with Crippen LogP contribution in [-0.2, 0) is 21.9 Å². The zero-order valence-electron chi connectivity index (χ0n) is 12.9. The van der Waals surface area contributed by atoms with Crippen LogP contribution in [0.4, 0.5) is 32.0 Å². The number of fused-ring (bicyclic) bond motifs is 5. The minimum atomic E-state index is -5.04. The molecule has 3 aliphatic rings. The van der Waals surface area contributed by atoms with Crippen molar-refractivity contribution >= 4 is 17.5 Å². The molecule has 4 unspecified atom stereocenters. The van der Waals surface area contributed by atoms with Crippen molar-refractivity contribution in [1.29, 1.82) is 0 Å². The van der Waals surface area contributed by atoms with Crippen molar-refractivity contribution in [2.75, 3.05) is 4.90 Å². The fourth-order valence-corrected chi connectivity index (χ4v) is 4.22. The Kier molecular flexibility index (Phi) is 3.36. The number of amides is 2. The van der Waals surface area contributed by atoms with Crippen LogP contribution in [0.25, 0.3) is 0 Å². The molecular weight excluding hydrogens is 364 g/mol. The van der Waals surface area contributed by atoms with E-state index in [2.05, 4.69) is 0 Å². The molecule has 138 valence electrons. The fraction of sp³-hybridized carbons (Fsp3) is 0.412. The van der Waals surface area contributed by atoms with E-state index >= 15 is 0 Å². The Morgan fingerprint density at radius 2 is 1.19 bits per heavy atom. The molecule has 1 saturated heterocycles. The second-order valence-electron chi connectivity index (χ2n) is 6.78. The van der Waals surface area contributed by atoms with Gasteiger partial charge in [-0.1, -0.05) is 12.2 Å². The molecule has 4 atom stereocenters. The molecule has 2 aliphatic carbocycles. The molecule has 1 saturated carbocycles. The second-order valence-corrected chi connectivity index (χ2v) is 6.78. The van der Waals surface area contributed by atoms with Crippen LogP contribution in [-0.4, -0.2) is 11.8 Å². The Balaban J connectivity index is 1.81. The van der Waals surface area contributed by atoms with Gasteiger partial charge in [0.05, 0.1) is 28.7 Å². The number of rotatable bonds is 1. The molecule has 1 heterocycles. The number of benzene rings is 1. The van der Waals surface area contributed by atoms with Gasteiger partial charge in [-0.15, -0.1) is 0 Å². The molecule has 2 fully saturated rings. The van der Waals surface area contributed by atoms with E-state index in [-0.39, 0.29) is 17.9 Å². The quantitative estimate of drug-likeness (QED) is 0.422. The summed E-state index contributed by atoms with van der Waals surface area (Å²) in [6, 6.07) is 0.809. The number of halogens is 6. The third-order valence-corrected chi connectivity index (χ3v) is 5.30. The molecular formula is C17H11F6NO2. The minimum Gasteiger partial charge on any atom is -0.274 e. The van der Waals surface area contributed by atoms with Gasteiger partial charge in [-0.2, -0.15) is 26.3 Å². The molecule has 2 bridgehead atoms. The highest BCUT2D eigenvalue weighted by Crippen LogP contribution is 2.53. The Morgan fingerprint density at radius 3 is 1.58 bits per heavy atom. The van der Waals surface area contributed by atoms with Gasteiger partial charge in [0.1, 0.15) is 0 Å². The van der Waals surface area contributed by atoms with Gasteiger partial charge in [-0.25, -0.2) is 4.90 Å². The third kappa shape index (κ3) is 2.36. The van der Waals surface area contributed by atoms with Crippen molar-refractivity contribution in [3.63, 3.8) is 0 Å². The normalized spacial score (nSPS) is 30.5. The first-order valence-electron chi connectivity index (χ1n) is 7.84. The zero-order valence-corrected chi connectivity index (χ0v) is 12.9. The van der Waals surface area contributed by atoms with Crippen LogP contribution in [0.5, 0.6) is 0 Å². The predicted octanol–water partition coefficient (Wildman–Crippen LogP) is 4.04. The average Bonchev–Trinajstić information content (AvgIpc) is 3.19. The van der Waals surface area contributed by atoms with Crippen molar-refractivity contribution in [1.82, 2.24) is 0 Å². The van der Waals surface area contributed by atoms with Crippen LogP contribution in [0.3, 0.4) is 0 Å². The van der Waals surface area contributed by atoms with Crippen LogP contribution in [0.15, 0.2) is 30.4 Å². The van der Waals surface area contributed by atoms with Crippen LogP contribution in [0, 0.1) is 23.7 Å². The molecule has 1 aromatic carbocycles. The summed E-state index contributed by atoms with van der Waals surface area (Å²) in [5, 5.41) is 0. The second kappa shape index (κ2) is 5.11. The largest absolute Gasteiger partial charge is 0.416 e. The van der Waals surface area contributed by atoms with Crippen LogP contribution in [0.1, 0.15) is 17.5 Å². The van der Waals surface area contributed by atoms with Crippen molar-refractivity contribution < 1.29 is 35.9 Å². The van der Waals surface area contributed by atoms with Crippen molar-refractivity contribution in [3.05, 3.63) is 41.5 Å². The van der Waals surface area contributed by atoms with Gasteiger partial charge in [0.15, 0.2) is 0 Å². The van der Waals surface area contributed by atoms with Gasteiger partial charge >= 0.3 is 12.4 Å². The number of allylic oxidation sites excluding steroid dienone is 2. The summed E-state index contributed by atoms with van der Waals surface area (Å²) < 4.78 is 78.1. The van der Waals surface area contributed by atoms with Gasteiger partial charge < -0.3 is 0 Å². The van der Waals surface area contributed by atoms with Crippen LogP contribution < -0.4 is 4.90 Å². The maximum atomic E-state index is 13.0. The predicted molar refractivity (Wildman–Crippen MR) is 76.7 cm³/mol. The smallest absolute Gasteiger partial charge is 0.274 e. The van der Waals surface area contributed by atoms with E-state index in [1.807, 2.05) is 0 Å². The molecule has 2 amide bonds. The van der Waals surface area contributed by atoms with E-state index in [1.54, 1.807) is 12.2 Å². The molecule has 0 radical (unpaired) electrons. The molecule has 1 aliphatic heterocycles. The SMILES string of the molecule is O=C1C2C3C=CC(C3)C2C(=O)N1c1cc(C(F)(F)F)cc(C(F)(F)F)c1. The molecule has 3 nitrogen and oxygen atoms in total. The molecule has 4 rings (SSSR count). The maximum absolute atomic E-state index is 13.0. The van der Waals surface area contributed by atoms with E-state index in [9.17, 15) is 35.9 Å². The lowest BCUT2D eigenvalue weighted by molar-refractivity contribution is -0.143.